The molecule has 10 heteroatoms. The lowest BCUT2D eigenvalue weighted by Gasteiger charge is -2.46. The smallest absolute Gasteiger partial charge is 0.416 e. The molecule has 382 valence electrons. The third-order valence-corrected chi connectivity index (χ3v) is 16.4. The number of furan rings is 2. The summed E-state index contributed by atoms with van der Waals surface area (Å²) < 4.78 is 99.2. The van der Waals surface area contributed by atoms with E-state index in [-0.39, 0.29) is 0 Å². The summed E-state index contributed by atoms with van der Waals surface area (Å²) in [6.45, 7) is 8.48. The lowest BCUT2D eigenvalue weighted by molar-refractivity contribution is -0.138. The molecule has 0 N–H and O–H groups in total. The van der Waals surface area contributed by atoms with Crippen LogP contribution in [-0.2, 0) is 23.2 Å². The molecule has 14 rings (SSSR count). The maximum atomic E-state index is 14.3. The van der Waals surface area contributed by atoms with Crippen molar-refractivity contribution in [3.8, 4) is 11.1 Å². The molecule has 2 aromatic heterocycles. The SMILES string of the molecule is Cc1cccc2c1oc1c(N(c3ccc(C(F)(F)F)cc3)c3ccc4c(c3)-c3cc(N(c5ccc(C(F)(F)F)cc5)c5cccc6c5oc5c(C)cccc56)ccc3C43c4ccccc4C(C)(C)c4ccccc43)cccc12. The first-order valence-corrected chi connectivity index (χ1v) is 25.8. The van der Waals surface area contributed by atoms with Gasteiger partial charge >= 0.3 is 12.4 Å². The Kier molecular flexibility index (Phi) is 10.2. The molecule has 4 nitrogen and oxygen atoms in total. The second kappa shape index (κ2) is 16.7. The lowest BCUT2D eigenvalue weighted by Crippen LogP contribution is -2.40. The van der Waals surface area contributed by atoms with Crippen LogP contribution in [0.25, 0.3) is 55.0 Å². The molecule has 2 heterocycles. The van der Waals surface area contributed by atoms with Gasteiger partial charge in [-0.25, -0.2) is 0 Å². The van der Waals surface area contributed by atoms with Crippen LogP contribution in [0, 0.1) is 13.8 Å². The van der Waals surface area contributed by atoms with E-state index in [4.69, 9.17) is 8.83 Å². The fourth-order valence-electron chi connectivity index (χ4n) is 12.9. The quantitative estimate of drug-likeness (QED) is 0.155. The Morgan fingerprint density at radius 1 is 0.346 bits per heavy atom. The Hall–Kier alpha value is -9.02. The first-order chi connectivity index (χ1) is 37.5. The van der Waals surface area contributed by atoms with Gasteiger partial charge in [0.05, 0.1) is 27.9 Å². The van der Waals surface area contributed by atoms with Crippen molar-refractivity contribution in [2.75, 3.05) is 9.80 Å². The number of fused-ring (bicyclic) bond motifs is 15. The molecule has 0 atom stereocenters. The van der Waals surface area contributed by atoms with Gasteiger partial charge in [0.15, 0.2) is 11.2 Å². The average Bonchev–Trinajstić information content (AvgIpc) is 2.75. The van der Waals surface area contributed by atoms with E-state index < -0.39 is 34.3 Å². The normalized spacial score (nSPS) is 14.2. The van der Waals surface area contributed by atoms with Gasteiger partial charge in [-0.15, -0.1) is 0 Å². The average molecular weight is 1040 g/mol. The largest absolute Gasteiger partial charge is 0.454 e. The Balaban J connectivity index is 1.07. The van der Waals surface area contributed by atoms with Crippen molar-refractivity contribution in [3.63, 3.8) is 0 Å². The van der Waals surface area contributed by atoms with Gasteiger partial charge in [-0.2, -0.15) is 26.3 Å². The number of aryl methyl sites for hydroxylation is 2. The fourth-order valence-corrected chi connectivity index (χ4v) is 12.9. The number of rotatable bonds is 6. The third kappa shape index (κ3) is 6.81. The standard InChI is InChI=1S/C68H46F6N2O2/c1-39-13-9-15-47-49-17-11-23-59(63(49)77-61(39)47)75(43-29-25-41(26-30-43)67(69,70)71)45-33-35-53-51(37-45)52-38-46(34-36-54(52)66(53)57-21-7-5-19-55(57)65(3,4)56-20-6-8-22-58(56)66)76(44-31-27-42(28-32-44)68(72,73)74)60-24-12-18-50-48-16-10-14-40(2)62(48)78-64(50)60/h5-38H,1-4H3. The van der Waals surface area contributed by atoms with Crippen LogP contribution in [-0.4, -0.2) is 0 Å². The molecule has 12 aromatic rings. The summed E-state index contributed by atoms with van der Waals surface area (Å²) >= 11 is 0. The predicted octanol–water partition coefficient (Wildman–Crippen LogP) is 20.1. The van der Waals surface area contributed by atoms with Crippen molar-refractivity contribution < 1.29 is 35.2 Å². The molecule has 0 radical (unpaired) electrons. The number of hydrogen-bond donors (Lipinski definition) is 0. The maximum absolute atomic E-state index is 14.3. The number of nitrogens with zero attached hydrogens (tertiary/aromatic N) is 2. The highest BCUT2D eigenvalue weighted by Gasteiger charge is 2.53. The van der Waals surface area contributed by atoms with Gasteiger partial charge in [0.1, 0.15) is 11.2 Å². The summed E-state index contributed by atoms with van der Waals surface area (Å²) in [4.78, 5) is 3.92. The molecule has 0 saturated heterocycles. The van der Waals surface area contributed by atoms with Crippen LogP contribution >= 0.6 is 0 Å². The monoisotopic (exact) mass is 1040 g/mol. The summed E-state index contributed by atoms with van der Waals surface area (Å²) in [6.07, 6.45) is -9.12. The van der Waals surface area contributed by atoms with Crippen LogP contribution in [0.3, 0.4) is 0 Å². The molecule has 2 aliphatic carbocycles. The van der Waals surface area contributed by atoms with Crippen molar-refractivity contribution in [1.82, 2.24) is 0 Å². The molecule has 0 aliphatic heterocycles. The second-order valence-electron chi connectivity index (χ2n) is 21.1. The topological polar surface area (TPSA) is 32.8 Å². The number of hydrogen-bond acceptors (Lipinski definition) is 4. The number of anilines is 6. The van der Waals surface area contributed by atoms with E-state index >= 15 is 0 Å². The highest BCUT2D eigenvalue weighted by atomic mass is 19.4. The van der Waals surface area contributed by atoms with Crippen LogP contribution in [0.15, 0.2) is 215 Å². The van der Waals surface area contributed by atoms with Crippen LogP contribution in [0.4, 0.5) is 60.5 Å². The minimum atomic E-state index is -4.56. The number of halogens is 6. The molecule has 0 unspecified atom stereocenters. The van der Waals surface area contributed by atoms with E-state index in [0.717, 1.165) is 101 Å². The fraction of sp³-hybridized carbons (Fsp3) is 0.118. The summed E-state index contributed by atoms with van der Waals surface area (Å²) in [6, 6.07) is 63.8. The second-order valence-corrected chi connectivity index (χ2v) is 21.1. The van der Waals surface area contributed by atoms with E-state index in [1.807, 2.05) is 109 Å². The molecule has 2 aliphatic rings. The Morgan fingerprint density at radius 2 is 0.692 bits per heavy atom. The molecule has 0 fully saturated rings. The highest BCUT2D eigenvalue weighted by molar-refractivity contribution is 6.12. The van der Waals surface area contributed by atoms with Gasteiger partial charge in [-0.1, -0.05) is 135 Å². The van der Waals surface area contributed by atoms with Gasteiger partial charge in [-0.3, -0.25) is 0 Å². The number of alkyl halides is 6. The van der Waals surface area contributed by atoms with Crippen molar-refractivity contribution in [3.05, 3.63) is 262 Å². The zero-order valence-electron chi connectivity index (χ0n) is 42.6. The summed E-state index contributed by atoms with van der Waals surface area (Å²) in [5, 5.41) is 3.55. The van der Waals surface area contributed by atoms with Crippen LogP contribution < -0.4 is 9.80 Å². The van der Waals surface area contributed by atoms with E-state index in [2.05, 4.69) is 86.6 Å². The predicted molar refractivity (Wildman–Crippen MR) is 299 cm³/mol. The third-order valence-electron chi connectivity index (χ3n) is 16.4. The van der Waals surface area contributed by atoms with Crippen molar-refractivity contribution in [2.24, 2.45) is 0 Å². The van der Waals surface area contributed by atoms with Gasteiger partial charge in [0.2, 0.25) is 0 Å². The zero-order valence-corrected chi connectivity index (χ0v) is 42.6. The van der Waals surface area contributed by atoms with Crippen molar-refractivity contribution in [1.29, 1.82) is 0 Å². The van der Waals surface area contributed by atoms with Gasteiger partial charge in [0.25, 0.3) is 0 Å². The lowest BCUT2D eigenvalue weighted by atomic mass is 9.55. The summed E-state index contributed by atoms with van der Waals surface area (Å²) in [7, 11) is 0. The van der Waals surface area contributed by atoms with Gasteiger partial charge in [-0.05, 0) is 154 Å². The van der Waals surface area contributed by atoms with Gasteiger partial charge < -0.3 is 18.6 Å². The first kappa shape index (κ1) is 47.4. The van der Waals surface area contributed by atoms with E-state index in [0.29, 0.717) is 56.5 Å². The maximum Gasteiger partial charge on any atom is 0.416 e. The summed E-state index contributed by atoms with van der Waals surface area (Å²) in [5.74, 6) is 0. The minimum absolute atomic E-state index is 0.396. The molecule has 1 spiro atoms. The van der Waals surface area contributed by atoms with E-state index in [1.165, 1.54) is 24.3 Å². The number of para-hydroxylation sites is 4. The minimum Gasteiger partial charge on any atom is -0.454 e. The Morgan fingerprint density at radius 3 is 1.08 bits per heavy atom. The van der Waals surface area contributed by atoms with Crippen LogP contribution in [0.5, 0.6) is 0 Å². The molecular formula is C68H46F6N2O2. The Bertz CT molecular complexity index is 4150. The molecule has 0 saturated carbocycles. The van der Waals surface area contributed by atoms with Crippen molar-refractivity contribution >= 4 is 78.0 Å². The van der Waals surface area contributed by atoms with Gasteiger partial charge in [0, 0.05) is 49.7 Å². The zero-order chi connectivity index (χ0) is 53.6. The molecule has 0 amide bonds. The Labute approximate surface area is 445 Å². The van der Waals surface area contributed by atoms with E-state index in [9.17, 15) is 26.3 Å². The first-order valence-electron chi connectivity index (χ1n) is 25.8. The summed E-state index contributed by atoms with van der Waals surface area (Å²) in [5.41, 5.74) is 13.4. The molecule has 10 aromatic carbocycles. The van der Waals surface area contributed by atoms with Crippen LogP contribution in [0.1, 0.15) is 69.5 Å². The molecule has 78 heavy (non-hydrogen) atoms. The van der Waals surface area contributed by atoms with Crippen molar-refractivity contribution in [2.45, 2.75) is 50.9 Å². The van der Waals surface area contributed by atoms with Crippen LogP contribution in [0.2, 0.25) is 0 Å². The number of benzene rings is 10. The molecule has 0 bridgehead atoms. The highest BCUT2D eigenvalue weighted by Crippen LogP contribution is 2.63. The van der Waals surface area contributed by atoms with E-state index in [1.54, 1.807) is 0 Å². The molecular weight excluding hydrogens is 991 g/mol.